The quantitative estimate of drug-likeness (QED) is 0.633. The second-order valence-corrected chi connectivity index (χ2v) is 5.57. The van der Waals surface area contributed by atoms with Crippen molar-refractivity contribution in [3.63, 3.8) is 0 Å². The van der Waals surface area contributed by atoms with E-state index < -0.39 is 29.9 Å². The number of carbonyl (C=O) groups excluding carboxylic acids is 2. The van der Waals surface area contributed by atoms with Gasteiger partial charge in [0.25, 0.3) is 0 Å². The summed E-state index contributed by atoms with van der Waals surface area (Å²) < 4.78 is 5.11. The first-order valence-corrected chi connectivity index (χ1v) is 7.15. The van der Waals surface area contributed by atoms with Gasteiger partial charge in [0, 0.05) is 6.04 Å². The molecule has 3 amide bonds. The number of hydrogen-bond acceptors (Lipinski definition) is 4. The van der Waals surface area contributed by atoms with Crippen LogP contribution in [0.15, 0.2) is 0 Å². The van der Waals surface area contributed by atoms with E-state index >= 15 is 0 Å². The molecule has 0 aromatic heterocycles. The van der Waals surface area contributed by atoms with E-state index in [-0.39, 0.29) is 25.8 Å². The molecule has 0 aromatic rings. The molecule has 1 saturated carbocycles. The molecule has 0 bridgehead atoms. The average Bonchev–Trinajstić information content (AvgIpc) is 3.06. The largest absolute Gasteiger partial charge is 0.481 e. The number of aliphatic carboxylic acids is 1. The molecule has 2 atom stereocenters. The molecule has 0 spiro atoms. The smallest absolute Gasteiger partial charge is 0.318 e. The van der Waals surface area contributed by atoms with E-state index in [9.17, 15) is 14.4 Å². The zero-order valence-electron chi connectivity index (χ0n) is 11.8. The number of urea groups is 1. The molecule has 0 radical (unpaired) electrons. The minimum atomic E-state index is -1.000. The lowest BCUT2D eigenvalue weighted by Crippen LogP contribution is -2.53. The van der Waals surface area contributed by atoms with Crippen molar-refractivity contribution in [3.8, 4) is 0 Å². The summed E-state index contributed by atoms with van der Waals surface area (Å²) in [6, 6.07) is -1.03. The van der Waals surface area contributed by atoms with Crippen molar-refractivity contribution in [2.75, 3.05) is 19.8 Å². The Hall–Kier alpha value is -1.83. The van der Waals surface area contributed by atoms with Crippen molar-refractivity contribution in [2.45, 2.75) is 37.8 Å². The Labute approximate surface area is 122 Å². The standard InChI is InChI=1S/C13H21N3O5/c14-11(17)5-16(8-3-1-2-4-8)13(20)15-10-7-21-6-9(10)12(18)19/h8-10H,1-7H2,(H2,14,17)(H,15,20)(H,18,19). The van der Waals surface area contributed by atoms with Crippen molar-refractivity contribution in [1.82, 2.24) is 10.2 Å². The number of carbonyl (C=O) groups is 3. The van der Waals surface area contributed by atoms with Crippen molar-refractivity contribution in [2.24, 2.45) is 11.7 Å². The van der Waals surface area contributed by atoms with Gasteiger partial charge in [-0.3, -0.25) is 9.59 Å². The summed E-state index contributed by atoms with van der Waals surface area (Å²) in [6.07, 6.45) is 3.70. The minimum absolute atomic E-state index is 0.0110. The Bertz CT molecular complexity index is 422. The summed E-state index contributed by atoms with van der Waals surface area (Å²) in [5.74, 6) is -2.33. The first kappa shape index (κ1) is 15.6. The highest BCUT2D eigenvalue weighted by Gasteiger charge is 2.37. The molecular weight excluding hydrogens is 278 g/mol. The fourth-order valence-electron chi connectivity index (χ4n) is 2.93. The molecule has 2 unspecified atom stereocenters. The van der Waals surface area contributed by atoms with Gasteiger partial charge < -0.3 is 25.8 Å². The monoisotopic (exact) mass is 299 g/mol. The van der Waals surface area contributed by atoms with Gasteiger partial charge in [-0.1, -0.05) is 12.8 Å². The van der Waals surface area contributed by atoms with Gasteiger partial charge in [-0.2, -0.15) is 0 Å². The molecule has 4 N–H and O–H groups in total. The van der Waals surface area contributed by atoms with Gasteiger partial charge in [0.15, 0.2) is 0 Å². The van der Waals surface area contributed by atoms with Gasteiger partial charge in [0.05, 0.1) is 19.3 Å². The second-order valence-electron chi connectivity index (χ2n) is 5.57. The van der Waals surface area contributed by atoms with Crippen molar-refractivity contribution < 1.29 is 24.2 Å². The molecule has 2 rings (SSSR count). The highest BCUT2D eigenvalue weighted by atomic mass is 16.5. The minimum Gasteiger partial charge on any atom is -0.481 e. The highest BCUT2D eigenvalue weighted by molar-refractivity contribution is 5.84. The molecule has 1 heterocycles. The van der Waals surface area contributed by atoms with Crippen molar-refractivity contribution >= 4 is 17.9 Å². The number of ether oxygens (including phenoxy) is 1. The van der Waals surface area contributed by atoms with Gasteiger partial charge in [0.2, 0.25) is 5.91 Å². The molecule has 1 saturated heterocycles. The molecule has 1 aliphatic carbocycles. The normalized spacial score (nSPS) is 25.7. The highest BCUT2D eigenvalue weighted by Crippen LogP contribution is 2.24. The van der Waals surface area contributed by atoms with Crippen LogP contribution in [0.3, 0.4) is 0 Å². The van der Waals surface area contributed by atoms with Gasteiger partial charge in [0.1, 0.15) is 12.5 Å². The third-order valence-corrected chi connectivity index (χ3v) is 4.06. The van der Waals surface area contributed by atoms with Crippen LogP contribution in [0.5, 0.6) is 0 Å². The van der Waals surface area contributed by atoms with Crippen LogP contribution in [0.1, 0.15) is 25.7 Å². The van der Waals surface area contributed by atoms with E-state index in [1.807, 2.05) is 0 Å². The van der Waals surface area contributed by atoms with E-state index in [2.05, 4.69) is 5.32 Å². The Kier molecular flexibility index (Phi) is 5.00. The van der Waals surface area contributed by atoms with Crippen LogP contribution in [-0.2, 0) is 14.3 Å². The van der Waals surface area contributed by atoms with Crippen LogP contribution in [0.4, 0.5) is 4.79 Å². The molecular formula is C13H21N3O5. The number of rotatable bonds is 5. The summed E-state index contributed by atoms with van der Waals surface area (Å²) in [6.45, 7) is 0.0964. The van der Waals surface area contributed by atoms with Crippen molar-refractivity contribution in [1.29, 1.82) is 0 Å². The first-order valence-electron chi connectivity index (χ1n) is 7.15. The summed E-state index contributed by atoms with van der Waals surface area (Å²) in [5, 5.41) is 11.7. The zero-order valence-corrected chi connectivity index (χ0v) is 11.8. The van der Waals surface area contributed by atoms with Gasteiger partial charge in [-0.05, 0) is 12.8 Å². The number of nitrogens with zero attached hydrogens (tertiary/aromatic N) is 1. The molecule has 1 aliphatic heterocycles. The number of carboxylic acid groups (broad SMARTS) is 1. The molecule has 118 valence electrons. The number of hydrogen-bond donors (Lipinski definition) is 3. The Morgan fingerprint density at radius 1 is 1.24 bits per heavy atom. The maximum absolute atomic E-state index is 12.3. The topological polar surface area (TPSA) is 122 Å². The van der Waals surface area contributed by atoms with Crippen LogP contribution in [0, 0.1) is 5.92 Å². The number of nitrogens with two attached hydrogens (primary N) is 1. The van der Waals surface area contributed by atoms with Crippen LogP contribution >= 0.6 is 0 Å². The number of amides is 3. The Morgan fingerprint density at radius 3 is 2.48 bits per heavy atom. The predicted octanol–water partition coefficient (Wildman–Crippen LogP) is -0.474. The maximum Gasteiger partial charge on any atom is 0.318 e. The summed E-state index contributed by atoms with van der Waals surface area (Å²) >= 11 is 0. The van der Waals surface area contributed by atoms with E-state index in [0.717, 1.165) is 25.7 Å². The zero-order chi connectivity index (χ0) is 15.4. The summed E-state index contributed by atoms with van der Waals surface area (Å²) in [5.41, 5.74) is 5.20. The lowest BCUT2D eigenvalue weighted by Gasteiger charge is -2.29. The van der Waals surface area contributed by atoms with Crippen LogP contribution in [-0.4, -0.2) is 59.8 Å². The molecule has 0 aromatic carbocycles. The lowest BCUT2D eigenvalue weighted by atomic mass is 10.0. The molecule has 21 heavy (non-hydrogen) atoms. The summed E-state index contributed by atoms with van der Waals surface area (Å²) in [4.78, 5) is 36.0. The fraction of sp³-hybridized carbons (Fsp3) is 0.769. The van der Waals surface area contributed by atoms with Gasteiger partial charge >= 0.3 is 12.0 Å². The Morgan fingerprint density at radius 2 is 1.90 bits per heavy atom. The molecule has 2 fully saturated rings. The van der Waals surface area contributed by atoms with E-state index in [1.54, 1.807) is 0 Å². The van der Waals surface area contributed by atoms with E-state index in [1.165, 1.54) is 4.90 Å². The predicted molar refractivity (Wildman–Crippen MR) is 72.4 cm³/mol. The second kappa shape index (κ2) is 6.75. The number of primary amides is 1. The Balaban J connectivity index is 2.00. The summed E-state index contributed by atoms with van der Waals surface area (Å²) in [7, 11) is 0. The lowest BCUT2D eigenvalue weighted by molar-refractivity contribution is -0.142. The third kappa shape index (κ3) is 3.84. The van der Waals surface area contributed by atoms with Crippen LogP contribution < -0.4 is 11.1 Å². The molecule has 2 aliphatic rings. The maximum atomic E-state index is 12.3. The van der Waals surface area contributed by atoms with Crippen LogP contribution in [0.25, 0.3) is 0 Å². The first-order chi connectivity index (χ1) is 9.99. The number of carboxylic acids is 1. The van der Waals surface area contributed by atoms with E-state index in [0.29, 0.717) is 0 Å². The number of nitrogens with one attached hydrogen (secondary N) is 1. The SMILES string of the molecule is NC(=O)CN(C(=O)NC1COCC1C(=O)O)C1CCCC1. The van der Waals surface area contributed by atoms with Crippen LogP contribution in [0.2, 0.25) is 0 Å². The van der Waals surface area contributed by atoms with Gasteiger partial charge in [-0.15, -0.1) is 0 Å². The average molecular weight is 299 g/mol. The molecule has 8 nitrogen and oxygen atoms in total. The van der Waals surface area contributed by atoms with E-state index in [4.69, 9.17) is 15.6 Å². The molecule has 8 heteroatoms. The van der Waals surface area contributed by atoms with Gasteiger partial charge in [-0.25, -0.2) is 4.79 Å². The third-order valence-electron chi connectivity index (χ3n) is 4.06. The van der Waals surface area contributed by atoms with Crippen molar-refractivity contribution in [3.05, 3.63) is 0 Å². The fourth-order valence-corrected chi connectivity index (χ4v) is 2.93.